The molecule has 1 aromatic heterocycles. The van der Waals surface area contributed by atoms with E-state index in [1.165, 1.54) is 0 Å². The van der Waals surface area contributed by atoms with Crippen LogP contribution in [0.4, 0.5) is 0 Å². The Morgan fingerprint density at radius 1 is 1.45 bits per heavy atom. The molecule has 110 valence electrons. The van der Waals surface area contributed by atoms with Gasteiger partial charge in [-0.25, -0.2) is 0 Å². The summed E-state index contributed by atoms with van der Waals surface area (Å²) in [5.41, 5.74) is 0. The molecule has 0 spiro atoms. The first kappa shape index (κ1) is 15.5. The Kier molecular flexibility index (Phi) is 5.21. The summed E-state index contributed by atoms with van der Waals surface area (Å²) in [4.78, 5) is 24.6. The van der Waals surface area contributed by atoms with Gasteiger partial charge in [-0.1, -0.05) is 13.3 Å². The molecule has 6 heteroatoms. The van der Waals surface area contributed by atoms with Crippen LogP contribution in [0.5, 0.6) is 0 Å². The Morgan fingerprint density at radius 3 is 2.70 bits per heavy atom. The highest BCUT2D eigenvalue weighted by Gasteiger charge is 2.41. The third-order valence-electron chi connectivity index (χ3n) is 4.01. The Labute approximate surface area is 130 Å². The quantitative estimate of drug-likeness (QED) is 0.847. The molecule has 1 aromatic rings. The van der Waals surface area contributed by atoms with E-state index in [1.54, 1.807) is 11.3 Å². The van der Waals surface area contributed by atoms with Gasteiger partial charge in [0.25, 0.3) is 0 Å². The van der Waals surface area contributed by atoms with Crippen molar-refractivity contribution in [3.8, 4) is 0 Å². The van der Waals surface area contributed by atoms with E-state index in [0.717, 1.165) is 15.8 Å². The fourth-order valence-electron chi connectivity index (χ4n) is 2.79. The average molecular weight is 360 g/mol. The second-order valence-corrected chi connectivity index (χ2v) is 7.06. The van der Waals surface area contributed by atoms with Crippen LogP contribution in [0.1, 0.15) is 31.1 Å². The highest BCUT2D eigenvalue weighted by molar-refractivity contribution is 9.10. The van der Waals surface area contributed by atoms with Crippen molar-refractivity contribution in [1.82, 2.24) is 5.32 Å². The first-order valence-electron chi connectivity index (χ1n) is 6.75. The predicted octanol–water partition coefficient (Wildman–Crippen LogP) is 3.26. The number of carbonyl (C=O) groups excluding carboxylic acids is 1. The lowest BCUT2D eigenvalue weighted by molar-refractivity contribution is -0.146. The third-order valence-corrected chi connectivity index (χ3v) is 5.93. The number of aliphatic carboxylic acids is 1. The summed E-state index contributed by atoms with van der Waals surface area (Å²) in [6.45, 7) is 2.50. The summed E-state index contributed by atoms with van der Waals surface area (Å²) in [7, 11) is 0. The number of carboxylic acid groups (broad SMARTS) is 1. The van der Waals surface area contributed by atoms with Crippen molar-refractivity contribution in [1.29, 1.82) is 0 Å². The summed E-state index contributed by atoms with van der Waals surface area (Å²) >= 11 is 4.99. The molecule has 1 aliphatic rings. The normalized spacial score (nSPS) is 25.6. The zero-order chi connectivity index (χ0) is 14.7. The first-order chi connectivity index (χ1) is 9.52. The first-order valence-corrected chi connectivity index (χ1v) is 8.42. The third kappa shape index (κ3) is 3.41. The maximum absolute atomic E-state index is 12.2. The fraction of sp³-hybridized carbons (Fsp3) is 0.571. The maximum atomic E-state index is 12.2. The monoisotopic (exact) mass is 359 g/mol. The molecule has 0 aromatic carbocycles. The molecule has 0 radical (unpaired) electrons. The molecule has 2 rings (SSSR count). The highest BCUT2D eigenvalue weighted by Crippen LogP contribution is 2.38. The van der Waals surface area contributed by atoms with Crippen LogP contribution in [0.15, 0.2) is 15.9 Å². The number of carboxylic acids is 1. The Bertz CT molecular complexity index is 502. The SMILES string of the molecule is CCC1C[C@H](C(=O)NCc2sccc2Br)[C@H](C(=O)O)C1. The van der Waals surface area contributed by atoms with Crippen LogP contribution in [0, 0.1) is 17.8 Å². The molecule has 2 N–H and O–H groups in total. The van der Waals surface area contributed by atoms with Gasteiger partial charge in [-0.05, 0) is 46.1 Å². The van der Waals surface area contributed by atoms with Crippen LogP contribution in [-0.4, -0.2) is 17.0 Å². The van der Waals surface area contributed by atoms with Crippen LogP contribution in [0.3, 0.4) is 0 Å². The lowest BCUT2D eigenvalue weighted by Gasteiger charge is -2.15. The molecule has 1 saturated carbocycles. The zero-order valence-electron chi connectivity index (χ0n) is 11.3. The minimum Gasteiger partial charge on any atom is -0.481 e. The minimum absolute atomic E-state index is 0.131. The van der Waals surface area contributed by atoms with Gasteiger partial charge in [0.15, 0.2) is 0 Å². The predicted molar refractivity (Wildman–Crippen MR) is 81.5 cm³/mol. The molecule has 0 aliphatic heterocycles. The van der Waals surface area contributed by atoms with Gasteiger partial charge in [-0.3, -0.25) is 9.59 Å². The van der Waals surface area contributed by atoms with Gasteiger partial charge in [0.05, 0.1) is 18.4 Å². The average Bonchev–Trinajstić information content (AvgIpc) is 3.02. The molecule has 3 atom stereocenters. The van der Waals surface area contributed by atoms with Crippen LogP contribution >= 0.6 is 27.3 Å². The van der Waals surface area contributed by atoms with E-state index in [-0.39, 0.29) is 5.91 Å². The second-order valence-electron chi connectivity index (χ2n) is 5.21. The van der Waals surface area contributed by atoms with Gasteiger partial charge in [-0.2, -0.15) is 0 Å². The Morgan fingerprint density at radius 2 is 2.15 bits per heavy atom. The smallest absolute Gasteiger partial charge is 0.307 e. The summed E-state index contributed by atoms with van der Waals surface area (Å²) in [6.07, 6.45) is 2.24. The summed E-state index contributed by atoms with van der Waals surface area (Å²) < 4.78 is 0.982. The van der Waals surface area contributed by atoms with Crippen molar-refractivity contribution in [2.45, 2.75) is 32.7 Å². The zero-order valence-corrected chi connectivity index (χ0v) is 13.7. The molecule has 0 bridgehead atoms. The van der Waals surface area contributed by atoms with Gasteiger partial charge in [-0.15, -0.1) is 11.3 Å². The van der Waals surface area contributed by atoms with E-state index in [4.69, 9.17) is 0 Å². The molecule has 1 amide bonds. The van der Waals surface area contributed by atoms with E-state index in [0.29, 0.717) is 25.3 Å². The van der Waals surface area contributed by atoms with Gasteiger partial charge in [0, 0.05) is 9.35 Å². The molecular weight excluding hydrogens is 342 g/mol. The highest BCUT2D eigenvalue weighted by atomic mass is 79.9. The number of hydrogen-bond donors (Lipinski definition) is 2. The maximum Gasteiger partial charge on any atom is 0.307 e. The lowest BCUT2D eigenvalue weighted by atomic mass is 9.95. The van der Waals surface area contributed by atoms with E-state index in [9.17, 15) is 14.7 Å². The number of nitrogens with one attached hydrogen (secondary N) is 1. The van der Waals surface area contributed by atoms with Crippen molar-refractivity contribution in [3.05, 3.63) is 20.8 Å². The molecule has 1 aliphatic carbocycles. The van der Waals surface area contributed by atoms with Gasteiger partial charge >= 0.3 is 5.97 Å². The number of halogens is 1. The molecular formula is C14H18BrNO3S. The van der Waals surface area contributed by atoms with Crippen molar-refractivity contribution in [2.24, 2.45) is 17.8 Å². The van der Waals surface area contributed by atoms with Gasteiger partial charge in [0.2, 0.25) is 5.91 Å². The van der Waals surface area contributed by atoms with E-state index < -0.39 is 17.8 Å². The van der Waals surface area contributed by atoms with Crippen LogP contribution in [-0.2, 0) is 16.1 Å². The molecule has 20 heavy (non-hydrogen) atoms. The van der Waals surface area contributed by atoms with Gasteiger partial charge < -0.3 is 10.4 Å². The Hall–Kier alpha value is -0.880. The van der Waals surface area contributed by atoms with Crippen LogP contribution in [0.25, 0.3) is 0 Å². The number of hydrogen-bond acceptors (Lipinski definition) is 3. The van der Waals surface area contributed by atoms with Crippen molar-refractivity contribution >= 4 is 39.1 Å². The summed E-state index contributed by atoms with van der Waals surface area (Å²) in [5.74, 6) is -1.56. The van der Waals surface area contributed by atoms with E-state index >= 15 is 0 Å². The molecule has 1 fully saturated rings. The van der Waals surface area contributed by atoms with Crippen molar-refractivity contribution in [3.63, 3.8) is 0 Å². The number of carbonyl (C=O) groups is 2. The standard InChI is InChI=1S/C14H18BrNO3S/c1-2-8-5-9(10(6-8)14(18)19)13(17)16-7-12-11(15)3-4-20-12/h3-4,8-10H,2,5-7H2,1H3,(H,16,17)(H,18,19)/t8?,9-,10+/m0/s1. The lowest BCUT2D eigenvalue weighted by Crippen LogP contribution is -2.34. The molecule has 1 unspecified atom stereocenters. The number of rotatable bonds is 5. The van der Waals surface area contributed by atoms with Gasteiger partial charge in [0.1, 0.15) is 0 Å². The fourth-order valence-corrected chi connectivity index (χ4v) is 4.22. The van der Waals surface area contributed by atoms with E-state index in [2.05, 4.69) is 21.2 Å². The Balaban J connectivity index is 1.97. The molecule has 4 nitrogen and oxygen atoms in total. The number of amides is 1. The van der Waals surface area contributed by atoms with E-state index in [1.807, 2.05) is 18.4 Å². The largest absolute Gasteiger partial charge is 0.481 e. The summed E-state index contributed by atoms with van der Waals surface area (Å²) in [6, 6.07) is 1.94. The van der Waals surface area contributed by atoms with Crippen molar-refractivity contribution in [2.75, 3.05) is 0 Å². The van der Waals surface area contributed by atoms with Crippen LogP contribution < -0.4 is 5.32 Å². The topological polar surface area (TPSA) is 66.4 Å². The second kappa shape index (κ2) is 6.72. The minimum atomic E-state index is -0.849. The van der Waals surface area contributed by atoms with Crippen molar-refractivity contribution < 1.29 is 14.7 Å². The molecule has 0 saturated heterocycles. The summed E-state index contributed by atoms with van der Waals surface area (Å²) in [5, 5.41) is 14.1. The molecule has 1 heterocycles. The number of thiophene rings is 1. The van der Waals surface area contributed by atoms with Crippen LogP contribution in [0.2, 0.25) is 0 Å².